The van der Waals surface area contributed by atoms with Gasteiger partial charge in [0.2, 0.25) is 0 Å². The van der Waals surface area contributed by atoms with E-state index in [1.807, 2.05) is 0 Å². The summed E-state index contributed by atoms with van der Waals surface area (Å²) in [5.74, 6) is -0.0889. The Labute approximate surface area is 101 Å². The lowest BCUT2D eigenvalue weighted by Gasteiger charge is -2.17. The molecule has 0 amide bonds. The van der Waals surface area contributed by atoms with Crippen molar-refractivity contribution in [2.75, 3.05) is 5.73 Å². The minimum atomic E-state index is -1.22. The Hall–Kier alpha value is -1.15. The van der Waals surface area contributed by atoms with Gasteiger partial charge in [0, 0.05) is 6.20 Å². The van der Waals surface area contributed by atoms with E-state index in [4.69, 9.17) is 22.1 Å². The van der Waals surface area contributed by atoms with Gasteiger partial charge in [-0.1, -0.05) is 11.6 Å². The Balaban J connectivity index is 2.42. The van der Waals surface area contributed by atoms with E-state index in [-0.39, 0.29) is 10.8 Å². The lowest BCUT2D eigenvalue weighted by Crippen LogP contribution is -2.35. The molecule has 1 aromatic heterocycles. The number of aliphatic hydroxyl groups is 2. The van der Waals surface area contributed by atoms with Crippen molar-refractivity contribution in [2.45, 2.75) is 31.5 Å². The zero-order valence-corrected chi connectivity index (χ0v) is 9.70. The van der Waals surface area contributed by atoms with Crippen LogP contribution >= 0.6 is 11.6 Å². The third kappa shape index (κ3) is 2.02. The lowest BCUT2D eigenvalue weighted by atomic mass is 10.1. The SMILES string of the molecule is C[C@H]1O[C@@H](n2cc(Cl)c(N)nc2=O)C(O)C1O. The second-order valence-corrected chi connectivity index (χ2v) is 4.28. The van der Waals surface area contributed by atoms with Crippen molar-refractivity contribution in [2.24, 2.45) is 0 Å². The molecule has 1 aliphatic heterocycles. The maximum atomic E-state index is 11.6. The van der Waals surface area contributed by atoms with Gasteiger partial charge in [-0.15, -0.1) is 0 Å². The first-order valence-corrected chi connectivity index (χ1v) is 5.35. The van der Waals surface area contributed by atoms with Crippen LogP contribution in [-0.2, 0) is 4.74 Å². The molecule has 0 saturated carbocycles. The largest absolute Gasteiger partial charge is 0.388 e. The number of hydrogen-bond donors (Lipinski definition) is 3. The quantitative estimate of drug-likeness (QED) is 0.605. The van der Waals surface area contributed by atoms with Crippen LogP contribution in [0.5, 0.6) is 0 Å². The van der Waals surface area contributed by atoms with E-state index in [1.54, 1.807) is 6.92 Å². The van der Waals surface area contributed by atoms with Crippen molar-refractivity contribution >= 4 is 17.4 Å². The van der Waals surface area contributed by atoms with E-state index >= 15 is 0 Å². The first-order chi connectivity index (χ1) is 7.91. The summed E-state index contributed by atoms with van der Waals surface area (Å²) in [5, 5.41) is 19.4. The average molecular weight is 262 g/mol. The number of anilines is 1. The number of rotatable bonds is 1. The molecule has 2 rings (SSSR count). The van der Waals surface area contributed by atoms with E-state index in [9.17, 15) is 15.0 Å². The standard InChI is InChI=1S/C9H12ClN3O4/c1-3-5(14)6(15)8(17-3)13-2-4(10)7(11)12-9(13)16/h2-3,5-6,8,14-15H,1H3,(H2,11,12,16)/t3-,5?,6?,8-/m1/s1. The van der Waals surface area contributed by atoms with Gasteiger partial charge in [0.1, 0.15) is 18.0 Å². The molecule has 4 N–H and O–H groups in total. The molecular weight excluding hydrogens is 250 g/mol. The number of halogens is 1. The van der Waals surface area contributed by atoms with E-state index in [0.717, 1.165) is 4.57 Å². The molecule has 2 unspecified atom stereocenters. The molecule has 0 aromatic carbocycles. The minimum absolute atomic E-state index is 0.0782. The molecule has 1 fully saturated rings. The van der Waals surface area contributed by atoms with Gasteiger partial charge in [-0.3, -0.25) is 4.57 Å². The van der Waals surface area contributed by atoms with Crippen molar-refractivity contribution < 1.29 is 14.9 Å². The van der Waals surface area contributed by atoms with Crippen LogP contribution in [-0.4, -0.2) is 38.1 Å². The Morgan fingerprint density at radius 3 is 2.71 bits per heavy atom. The molecule has 0 aliphatic carbocycles. The van der Waals surface area contributed by atoms with Crippen LogP contribution in [0.1, 0.15) is 13.2 Å². The fourth-order valence-electron chi connectivity index (χ4n) is 1.70. The zero-order valence-electron chi connectivity index (χ0n) is 8.95. The summed E-state index contributed by atoms with van der Waals surface area (Å²) in [6.07, 6.45) is -2.66. The fraction of sp³-hybridized carbons (Fsp3) is 0.556. The molecule has 94 valence electrons. The highest BCUT2D eigenvalue weighted by atomic mass is 35.5. The molecule has 7 nitrogen and oxygen atoms in total. The van der Waals surface area contributed by atoms with E-state index in [1.165, 1.54) is 6.20 Å². The van der Waals surface area contributed by atoms with Gasteiger partial charge in [0.05, 0.1) is 11.1 Å². The topological polar surface area (TPSA) is 111 Å². The average Bonchev–Trinajstić information content (AvgIpc) is 2.51. The number of nitrogens with two attached hydrogens (primary N) is 1. The van der Waals surface area contributed by atoms with E-state index in [2.05, 4.69) is 4.98 Å². The zero-order chi connectivity index (χ0) is 12.7. The molecule has 8 heteroatoms. The molecule has 2 heterocycles. The Bertz CT molecular complexity index is 492. The van der Waals surface area contributed by atoms with E-state index in [0.29, 0.717) is 0 Å². The Kier molecular flexibility index (Phi) is 3.09. The van der Waals surface area contributed by atoms with Crippen LogP contribution in [0, 0.1) is 0 Å². The summed E-state index contributed by atoms with van der Waals surface area (Å²) in [4.78, 5) is 15.1. The van der Waals surface area contributed by atoms with Gasteiger partial charge in [-0.2, -0.15) is 4.98 Å². The van der Waals surface area contributed by atoms with Crippen molar-refractivity contribution in [1.29, 1.82) is 0 Å². The summed E-state index contributed by atoms with van der Waals surface area (Å²) in [7, 11) is 0. The fourth-order valence-corrected chi connectivity index (χ4v) is 1.84. The van der Waals surface area contributed by atoms with Crippen LogP contribution in [0.25, 0.3) is 0 Å². The van der Waals surface area contributed by atoms with Gasteiger partial charge >= 0.3 is 5.69 Å². The van der Waals surface area contributed by atoms with Crippen LogP contribution < -0.4 is 11.4 Å². The number of aromatic nitrogens is 2. The van der Waals surface area contributed by atoms with Crippen LogP contribution in [0.15, 0.2) is 11.0 Å². The smallest absolute Gasteiger partial charge is 0.351 e. The summed E-state index contributed by atoms with van der Waals surface area (Å²) >= 11 is 5.74. The molecule has 0 bridgehead atoms. The van der Waals surface area contributed by atoms with Crippen molar-refractivity contribution in [3.63, 3.8) is 0 Å². The predicted molar refractivity (Wildman–Crippen MR) is 59.5 cm³/mol. The normalized spacial score (nSPS) is 32.9. The molecule has 17 heavy (non-hydrogen) atoms. The number of nitrogen functional groups attached to an aromatic ring is 1. The summed E-state index contributed by atoms with van der Waals surface area (Å²) in [5.41, 5.74) is 4.67. The Morgan fingerprint density at radius 1 is 1.53 bits per heavy atom. The lowest BCUT2D eigenvalue weighted by molar-refractivity contribution is -0.0349. The van der Waals surface area contributed by atoms with Crippen LogP contribution in [0.4, 0.5) is 5.82 Å². The molecule has 1 aromatic rings. The van der Waals surface area contributed by atoms with Crippen molar-refractivity contribution in [3.8, 4) is 0 Å². The van der Waals surface area contributed by atoms with E-state index < -0.39 is 30.2 Å². The molecule has 0 radical (unpaired) electrons. The predicted octanol–water partition coefficient (Wildman–Crippen LogP) is -0.882. The number of aliphatic hydroxyl groups excluding tert-OH is 2. The maximum Gasteiger partial charge on any atom is 0.351 e. The molecular formula is C9H12ClN3O4. The first kappa shape index (κ1) is 12.3. The van der Waals surface area contributed by atoms with Crippen LogP contribution in [0.3, 0.4) is 0 Å². The molecule has 1 saturated heterocycles. The third-order valence-electron chi connectivity index (χ3n) is 2.69. The number of nitrogens with zero attached hydrogens (tertiary/aromatic N) is 2. The molecule has 0 spiro atoms. The van der Waals surface area contributed by atoms with Gasteiger partial charge in [0.25, 0.3) is 0 Å². The van der Waals surface area contributed by atoms with Crippen molar-refractivity contribution in [3.05, 3.63) is 21.7 Å². The van der Waals surface area contributed by atoms with Gasteiger partial charge in [-0.05, 0) is 6.92 Å². The summed E-state index contributed by atoms with van der Waals surface area (Å²) in [6.45, 7) is 1.59. The third-order valence-corrected chi connectivity index (χ3v) is 2.98. The van der Waals surface area contributed by atoms with Gasteiger partial charge < -0.3 is 20.7 Å². The second kappa shape index (κ2) is 4.26. The summed E-state index contributed by atoms with van der Waals surface area (Å²) in [6, 6.07) is 0. The Morgan fingerprint density at radius 2 is 2.18 bits per heavy atom. The highest BCUT2D eigenvalue weighted by Crippen LogP contribution is 2.28. The highest BCUT2D eigenvalue weighted by molar-refractivity contribution is 6.32. The number of hydrogen-bond acceptors (Lipinski definition) is 6. The van der Waals surface area contributed by atoms with Gasteiger partial charge in [0.15, 0.2) is 6.23 Å². The molecule has 1 aliphatic rings. The summed E-state index contributed by atoms with van der Waals surface area (Å²) < 4.78 is 6.28. The van der Waals surface area contributed by atoms with Crippen LogP contribution in [0.2, 0.25) is 5.02 Å². The number of ether oxygens (including phenoxy) is 1. The monoisotopic (exact) mass is 261 g/mol. The maximum absolute atomic E-state index is 11.6. The minimum Gasteiger partial charge on any atom is -0.388 e. The first-order valence-electron chi connectivity index (χ1n) is 4.97. The second-order valence-electron chi connectivity index (χ2n) is 3.88. The van der Waals surface area contributed by atoms with Gasteiger partial charge in [-0.25, -0.2) is 4.79 Å². The highest BCUT2D eigenvalue weighted by Gasteiger charge is 2.41. The van der Waals surface area contributed by atoms with Crippen molar-refractivity contribution in [1.82, 2.24) is 9.55 Å². The molecule has 4 atom stereocenters.